The van der Waals surface area contributed by atoms with Crippen LogP contribution >= 0.6 is 0 Å². The van der Waals surface area contributed by atoms with E-state index >= 15 is 0 Å². The third kappa shape index (κ3) is 6.18. The molecule has 3 aromatic rings. The Balaban J connectivity index is 0.00000115. The van der Waals surface area contributed by atoms with Crippen LogP contribution in [-0.2, 0) is 9.53 Å². The lowest BCUT2D eigenvalue weighted by Gasteiger charge is -2.23. The summed E-state index contributed by atoms with van der Waals surface area (Å²) < 4.78 is 33.5. The summed E-state index contributed by atoms with van der Waals surface area (Å²) in [5.41, 5.74) is 7.19. The number of halogens is 2. The normalized spacial score (nSPS) is 14.7. The number of nitrogen functional groups attached to an aromatic ring is 1. The molecule has 10 heteroatoms. The Morgan fingerprint density at radius 3 is 2.47 bits per heavy atom. The van der Waals surface area contributed by atoms with Crippen molar-refractivity contribution in [2.24, 2.45) is 0 Å². The number of aromatic amines is 1. The molecule has 0 aliphatic carbocycles. The molecule has 1 aromatic heterocycles. The number of nitrogens with zero attached hydrogens (tertiary/aromatic N) is 2. The van der Waals surface area contributed by atoms with Crippen molar-refractivity contribution in [3.8, 4) is 22.4 Å². The molecule has 4 rings (SSSR count). The summed E-state index contributed by atoms with van der Waals surface area (Å²) in [6.07, 6.45) is 3.65. The minimum Gasteiger partial charge on any atom is -0.453 e. The Hall–Kier alpha value is -3.95. The summed E-state index contributed by atoms with van der Waals surface area (Å²) >= 11 is 0. The van der Waals surface area contributed by atoms with Crippen LogP contribution in [0.5, 0.6) is 0 Å². The van der Waals surface area contributed by atoms with Crippen molar-refractivity contribution in [2.45, 2.75) is 39.2 Å². The first-order chi connectivity index (χ1) is 17.3. The first kappa shape index (κ1) is 26.7. The second-order valence-corrected chi connectivity index (χ2v) is 8.41. The van der Waals surface area contributed by atoms with Crippen LogP contribution in [0.4, 0.5) is 19.3 Å². The van der Waals surface area contributed by atoms with E-state index in [4.69, 9.17) is 5.73 Å². The minimum atomic E-state index is -0.677. The highest BCUT2D eigenvalue weighted by Gasteiger charge is 2.32. The van der Waals surface area contributed by atoms with Gasteiger partial charge >= 0.3 is 6.09 Å². The van der Waals surface area contributed by atoms with E-state index in [1.807, 2.05) is 0 Å². The number of benzene rings is 2. The fraction of sp³-hybridized carbons (Fsp3) is 0.346. The number of anilines is 1. The maximum atomic E-state index is 14.8. The van der Waals surface area contributed by atoms with E-state index in [9.17, 15) is 18.4 Å². The van der Waals surface area contributed by atoms with Crippen molar-refractivity contribution in [3.63, 3.8) is 0 Å². The molecule has 2 amide bonds. The van der Waals surface area contributed by atoms with E-state index in [1.54, 1.807) is 17.2 Å². The van der Waals surface area contributed by atoms with Crippen LogP contribution in [-0.4, -0.2) is 47.1 Å². The SMILES string of the molecule is CCC.COC(=O)NCC(=O)N1CCCC1c1ncc(-c2ccc(-c3ccc(N)cc3F)c(F)c2)[nH]1. The molecule has 192 valence electrons. The number of aromatic nitrogens is 2. The van der Waals surface area contributed by atoms with Gasteiger partial charge in [0, 0.05) is 28.9 Å². The summed E-state index contributed by atoms with van der Waals surface area (Å²) in [5, 5.41) is 2.39. The fourth-order valence-electron chi connectivity index (χ4n) is 3.97. The molecule has 36 heavy (non-hydrogen) atoms. The summed E-state index contributed by atoms with van der Waals surface area (Å²) in [4.78, 5) is 33.0. The molecule has 1 saturated heterocycles. The first-order valence-corrected chi connectivity index (χ1v) is 11.8. The zero-order chi connectivity index (χ0) is 26.2. The predicted octanol–water partition coefficient (Wildman–Crippen LogP) is 5.04. The number of alkyl carbamates (subject to hydrolysis) is 1. The van der Waals surface area contributed by atoms with E-state index in [1.165, 1.54) is 37.8 Å². The number of nitrogens with two attached hydrogens (primary N) is 1. The highest BCUT2D eigenvalue weighted by atomic mass is 19.1. The van der Waals surface area contributed by atoms with Crippen molar-refractivity contribution in [3.05, 3.63) is 60.1 Å². The maximum Gasteiger partial charge on any atom is 0.407 e. The molecule has 0 radical (unpaired) electrons. The number of likely N-dealkylation sites (tertiary alicyclic amines) is 1. The second-order valence-electron chi connectivity index (χ2n) is 8.41. The van der Waals surface area contributed by atoms with Gasteiger partial charge in [-0.15, -0.1) is 0 Å². The average Bonchev–Trinajstić information content (AvgIpc) is 3.53. The lowest BCUT2D eigenvalue weighted by atomic mass is 10.0. The number of hydrogen-bond acceptors (Lipinski definition) is 5. The Kier molecular flexibility index (Phi) is 8.99. The number of H-pyrrole nitrogens is 1. The molecule has 1 unspecified atom stereocenters. The topological polar surface area (TPSA) is 113 Å². The zero-order valence-corrected chi connectivity index (χ0v) is 20.6. The van der Waals surface area contributed by atoms with E-state index in [2.05, 4.69) is 33.9 Å². The third-order valence-electron chi connectivity index (χ3n) is 5.62. The summed E-state index contributed by atoms with van der Waals surface area (Å²) in [6.45, 7) is 4.62. The lowest BCUT2D eigenvalue weighted by molar-refractivity contribution is -0.131. The van der Waals surface area contributed by atoms with Gasteiger partial charge < -0.3 is 25.7 Å². The van der Waals surface area contributed by atoms with Crippen LogP contribution in [0, 0.1) is 11.6 Å². The molecule has 1 aliphatic rings. The van der Waals surface area contributed by atoms with Crippen molar-refractivity contribution in [1.82, 2.24) is 20.2 Å². The molecule has 8 nitrogen and oxygen atoms in total. The van der Waals surface area contributed by atoms with Crippen LogP contribution in [0.25, 0.3) is 22.4 Å². The molecular weight excluding hydrogens is 468 g/mol. The van der Waals surface area contributed by atoms with Gasteiger partial charge in [0.1, 0.15) is 24.0 Å². The largest absolute Gasteiger partial charge is 0.453 e. The van der Waals surface area contributed by atoms with Gasteiger partial charge in [-0.2, -0.15) is 0 Å². The molecule has 1 aliphatic heterocycles. The molecule has 4 N–H and O–H groups in total. The van der Waals surface area contributed by atoms with Crippen LogP contribution < -0.4 is 11.1 Å². The van der Waals surface area contributed by atoms with Crippen molar-refractivity contribution in [2.75, 3.05) is 25.9 Å². The number of ether oxygens (including phenoxy) is 1. The fourth-order valence-corrected chi connectivity index (χ4v) is 3.97. The molecule has 1 fully saturated rings. The number of imidazole rings is 1. The first-order valence-electron chi connectivity index (χ1n) is 11.8. The van der Waals surface area contributed by atoms with E-state index < -0.39 is 17.7 Å². The van der Waals surface area contributed by atoms with E-state index in [0.717, 1.165) is 12.5 Å². The molecular formula is C26H31F2N5O3. The van der Waals surface area contributed by atoms with Crippen LogP contribution in [0.3, 0.4) is 0 Å². The van der Waals surface area contributed by atoms with Gasteiger partial charge in [0.05, 0.1) is 25.0 Å². The Bertz CT molecular complexity index is 1210. The van der Waals surface area contributed by atoms with E-state index in [0.29, 0.717) is 30.0 Å². The van der Waals surface area contributed by atoms with Crippen molar-refractivity contribution in [1.29, 1.82) is 0 Å². The van der Waals surface area contributed by atoms with Crippen LogP contribution in [0.2, 0.25) is 0 Å². The van der Waals surface area contributed by atoms with Gasteiger partial charge in [0.25, 0.3) is 0 Å². The van der Waals surface area contributed by atoms with E-state index in [-0.39, 0.29) is 35.3 Å². The minimum absolute atomic E-state index is 0.124. The van der Waals surface area contributed by atoms with Crippen LogP contribution in [0.15, 0.2) is 42.6 Å². The quantitative estimate of drug-likeness (QED) is 0.426. The molecule has 0 spiro atoms. The smallest absolute Gasteiger partial charge is 0.407 e. The van der Waals surface area contributed by atoms with Crippen molar-refractivity contribution >= 4 is 17.7 Å². The summed E-state index contributed by atoms with van der Waals surface area (Å²) in [5.74, 6) is -0.859. The summed E-state index contributed by atoms with van der Waals surface area (Å²) in [7, 11) is 1.23. The highest BCUT2D eigenvalue weighted by Crippen LogP contribution is 2.33. The third-order valence-corrected chi connectivity index (χ3v) is 5.62. The van der Waals surface area contributed by atoms with Gasteiger partial charge in [-0.1, -0.05) is 32.4 Å². The maximum absolute atomic E-state index is 14.8. The second kappa shape index (κ2) is 12.1. The number of carbonyl (C=O) groups excluding carboxylic acids is 2. The zero-order valence-electron chi connectivity index (χ0n) is 20.6. The average molecular weight is 500 g/mol. The molecule has 2 heterocycles. The van der Waals surface area contributed by atoms with Gasteiger partial charge in [0.15, 0.2) is 0 Å². The monoisotopic (exact) mass is 499 g/mol. The molecule has 0 saturated carbocycles. The summed E-state index contributed by atoms with van der Waals surface area (Å²) in [6, 6.07) is 8.31. The highest BCUT2D eigenvalue weighted by molar-refractivity contribution is 5.82. The molecule has 0 bridgehead atoms. The number of carbonyl (C=O) groups is 2. The standard InChI is InChI=1S/C23H23F2N5O3.C3H8/c1-33-23(32)28-12-21(31)30-8-2-3-20(30)22-27-11-19(29-22)13-4-6-15(17(24)9-13)16-7-5-14(26)10-18(16)25;1-3-2/h4-7,9-11,20H,2-3,8,12,26H2,1H3,(H,27,29)(H,28,32);3H2,1-2H3. The van der Waals surface area contributed by atoms with Crippen molar-refractivity contribution < 1.29 is 23.1 Å². The Morgan fingerprint density at radius 2 is 1.83 bits per heavy atom. The van der Waals surface area contributed by atoms with Crippen LogP contribution in [0.1, 0.15) is 45.0 Å². The van der Waals surface area contributed by atoms with Gasteiger partial charge in [-0.25, -0.2) is 18.6 Å². The number of rotatable bonds is 5. The predicted molar refractivity (Wildman–Crippen MR) is 134 cm³/mol. The lowest BCUT2D eigenvalue weighted by Crippen LogP contribution is -2.40. The number of amides is 2. The van der Waals surface area contributed by atoms with Gasteiger partial charge in [-0.05, 0) is 37.1 Å². The van der Waals surface area contributed by atoms with Gasteiger partial charge in [-0.3, -0.25) is 4.79 Å². The number of nitrogens with one attached hydrogen (secondary N) is 2. The molecule has 2 aromatic carbocycles. The number of hydrogen-bond donors (Lipinski definition) is 3. The Labute approximate surface area is 208 Å². The number of methoxy groups -OCH3 is 1. The molecule has 1 atom stereocenters. The Morgan fingerprint density at radius 1 is 1.17 bits per heavy atom. The van der Waals surface area contributed by atoms with Gasteiger partial charge in [0.2, 0.25) is 5.91 Å².